The Hall–Kier alpha value is -2.55. The van der Waals surface area contributed by atoms with E-state index < -0.39 is 0 Å². The monoisotopic (exact) mass is 429 g/mol. The number of carbonyl (C=O) groups is 1. The van der Waals surface area contributed by atoms with E-state index in [-0.39, 0.29) is 24.2 Å². The fourth-order valence-electron chi connectivity index (χ4n) is 3.55. The minimum absolute atomic E-state index is 0.0430. The maximum atomic E-state index is 13.4. The van der Waals surface area contributed by atoms with Gasteiger partial charge in [-0.15, -0.1) is 11.3 Å². The summed E-state index contributed by atoms with van der Waals surface area (Å²) < 4.78 is 24.5. The van der Waals surface area contributed by atoms with Crippen LogP contribution in [0.25, 0.3) is 10.8 Å². The molecule has 1 fully saturated rings. The number of amides is 1. The Morgan fingerprint density at radius 1 is 1.27 bits per heavy atom. The van der Waals surface area contributed by atoms with E-state index in [1.54, 1.807) is 23.5 Å². The SMILES string of the molecule is Cc1oc(-c2cccs2)nc1CC(=O)NC[C@H](c1ccc(F)cc1)N1CCOCC1. The first-order valence-corrected chi connectivity index (χ1v) is 10.8. The van der Waals surface area contributed by atoms with E-state index in [0.717, 1.165) is 23.5 Å². The summed E-state index contributed by atoms with van der Waals surface area (Å²) >= 11 is 1.55. The molecule has 4 rings (SSSR count). The van der Waals surface area contributed by atoms with Crippen molar-refractivity contribution < 1.29 is 18.3 Å². The zero-order valence-electron chi connectivity index (χ0n) is 16.8. The van der Waals surface area contributed by atoms with Crippen LogP contribution < -0.4 is 5.32 Å². The highest BCUT2D eigenvalue weighted by Crippen LogP contribution is 2.26. The van der Waals surface area contributed by atoms with Crippen LogP contribution in [0.15, 0.2) is 46.2 Å². The van der Waals surface area contributed by atoms with Crippen LogP contribution in [0, 0.1) is 12.7 Å². The first kappa shape index (κ1) is 20.7. The predicted molar refractivity (Wildman–Crippen MR) is 113 cm³/mol. The summed E-state index contributed by atoms with van der Waals surface area (Å²) in [6.07, 6.45) is 0.153. The molecule has 1 N–H and O–H groups in total. The van der Waals surface area contributed by atoms with Gasteiger partial charge < -0.3 is 14.5 Å². The first-order chi connectivity index (χ1) is 14.6. The van der Waals surface area contributed by atoms with Crippen molar-refractivity contribution >= 4 is 17.2 Å². The molecule has 3 heterocycles. The van der Waals surface area contributed by atoms with Crippen molar-refractivity contribution in [2.75, 3.05) is 32.8 Å². The molecular weight excluding hydrogens is 405 g/mol. The Bertz CT molecular complexity index is 966. The van der Waals surface area contributed by atoms with Gasteiger partial charge in [0.25, 0.3) is 0 Å². The van der Waals surface area contributed by atoms with Crippen LogP contribution in [0.4, 0.5) is 4.39 Å². The molecule has 8 heteroatoms. The third-order valence-electron chi connectivity index (χ3n) is 5.19. The molecule has 1 aliphatic rings. The molecule has 1 atom stereocenters. The van der Waals surface area contributed by atoms with Gasteiger partial charge in [0, 0.05) is 19.6 Å². The average Bonchev–Trinajstić information content (AvgIpc) is 3.41. The van der Waals surface area contributed by atoms with E-state index in [1.807, 2.05) is 24.4 Å². The second kappa shape index (κ2) is 9.51. The lowest BCUT2D eigenvalue weighted by Gasteiger charge is -2.35. The zero-order valence-corrected chi connectivity index (χ0v) is 17.6. The summed E-state index contributed by atoms with van der Waals surface area (Å²) in [5, 5.41) is 4.98. The second-order valence-electron chi connectivity index (χ2n) is 7.20. The van der Waals surface area contributed by atoms with E-state index >= 15 is 0 Å². The summed E-state index contributed by atoms with van der Waals surface area (Å²) in [5.74, 6) is 0.802. The number of aromatic nitrogens is 1. The molecule has 0 unspecified atom stereocenters. The highest BCUT2D eigenvalue weighted by Gasteiger charge is 2.24. The number of thiophene rings is 1. The van der Waals surface area contributed by atoms with Crippen molar-refractivity contribution in [2.24, 2.45) is 0 Å². The zero-order chi connectivity index (χ0) is 20.9. The Labute approximate surface area is 178 Å². The minimum Gasteiger partial charge on any atom is -0.440 e. The quantitative estimate of drug-likeness (QED) is 0.622. The molecular formula is C22H24FN3O3S. The molecule has 1 aromatic carbocycles. The normalized spacial score (nSPS) is 15.8. The summed E-state index contributed by atoms with van der Waals surface area (Å²) in [7, 11) is 0. The van der Waals surface area contributed by atoms with E-state index in [1.165, 1.54) is 12.1 Å². The fraction of sp³-hybridized carbons (Fsp3) is 0.364. The van der Waals surface area contributed by atoms with Crippen molar-refractivity contribution in [1.82, 2.24) is 15.2 Å². The third kappa shape index (κ3) is 4.95. The van der Waals surface area contributed by atoms with Crippen molar-refractivity contribution in [3.8, 4) is 10.8 Å². The number of halogens is 1. The summed E-state index contributed by atoms with van der Waals surface area (Å²) in [5.41, 5.74) is 1.61. The molecule has 30 heavy (non-hydrogen) atoms. The predicted octanol–water partition coefficient (Wildman–Crippen LogP) is 3.58. The van der Waals surface area contributed by atoms with Gasteiger partial charge in [0.05, 0.1) is 36.2 Å². The minimum atomic E-state index is -0.272. The molecule has 1 aliphatic heterocycles. The largest absolute Gasteiger partial charge is 0.440 e. The third-order valence-corrected chi connectivity index (χ3v) is 6.04. The van der Waals surface area contributed by atoms with Crippen LogP contribution in [0.2, 0.25) is 0 Å². The smallest absolute Gasteiger partial charge is 0.236 e. The van der Waals surface area contributed by atoms with Crippen molar-refractivity contribution in [3.05, 3.63) is 64.6 Å². The van der Waals surface area contributed by atoms with E-state index in [9.17, 15) is 9.18 Å². The molecule has 3 aromatic rings. The van der Waals surface area contributed by atoms with Crippen LogP contribution in [0.1, 0.15) is 23.1 Å². The number of nitrogens with one attached hydrogen (secondary N) is 1. The lowest BCUT2D eigenvalue weighted by Crippen LogP contribution is -2.44. The lowest BCUT2D eigenvalue weighted by atomic mass is 10.0. The molecule has 0 bridgehead atoms. The van der Waals surface area contributed by atoms with E-state index in [4.69, 9.17) is 9.15 Å². The Kier molecular flexibility index (Phi) is 6.56. The van der Waals surface area contributed by atoms with Gasteiger partial charge in [0.2, 0.25) is 11.8 Å². The number of oxazole rings is 1. The van der Waals surface area contributed by atoms with Gasteiger partial charge in [0.15, 0.2) is 0 Å². The number of carbonyl (C=O) groups excluding carboxylic acids is 1. The molecule has 1 amide bonds. The fourth-order valence-corrected chi connectivity index (χ4v) is 4.20. The van der Waals surface area contributed by atoms with Gasteiger partial charge in [-0.1, -0.05) is 18.2 Å². The number of hydrogen-bond acceptors (Lipinski definition) is 6. The molecule has 0 saturated carbocycles. The number of nitrogens with zero attached hydrogens (tertiary/aromatic N) is 2. The van der Waals surface area contributed by atoms with Crippen molar-refractivity contribution in [3.63, 3.8) is 0 Å². The van der Waals surface area contributed by atoms with Gasteiger partial charge in [0.1, 0.15) is 11.6 Å². The molecule has 6 nitrogen and oxygen atoms in total. The maximum absolute atomic E-state index is 13.4. The van der Waals surface area contributed by atoms with Gasteiger partial charge >= 0.3 is 0 Å². The molecule has 1 saturated heterocycles. The number of rotatable bonds is 7. The number of ether oxygens (including phenoxy) is 1. The molecule has 158 valence electrons. The number of aryl methyl sites for hydroxylation is 1. The average molecular weight is 430 g/mol. The standard InChI is InChI=1S/C22H24FN3O3S/c1-15-18(25-22(29-15)20-3-2-12-30-20)13-21(27)24-14-19(26-8-10-28-11-9-26)16-4-6-17(23)7-5-16/h2-7,12,19H,8-11,13-14H2,1H3,(H,24,27)/t19-/m1/s1. The molecule has 2 aromatic heterocycles. The molecule has 0 aliphatic carbocycles. The molecule has 0 spiro atoms. The number of benzene rings is 1. The summed E-state index contributed by atoms with van der Waals surface area (Å²) in [6, 6.07) is 10.3. The van der Waals surface area contributed by atoms with Gasteiger partial charge in [-0.25, -0.2) is 9.37 Å². The summed E-state index contributed by atoms with van der Waals surface area (Å²) in [6.45, 7) is 5.08. The molecule has 0 radical (unpaired) electrons. The Balaban J connectivity index is 1.41. The van der Waals surface area contributed by atoms with Crippen LogP contribution in [0.5, 0.6) is 0 Å². The van der Waals surface area contributed by atoms with Crippen LogP contribution in [-0.4, -0.2) is 48.6 Å². The maximum Gasteiger partial charge on any atom is 0.236 e. The Morgan fingerprint density at radius 2 is 2.03 bits per heavy atom. The first-order valence-electron chi connectivity index (χ1n) is 9.94. The van der Waals surface area contributed by atoms with Gasteiger partial charge in [-0.2, -0.15) is 0 Å². The lowest BCUT2D eigenvalue weighted by molar-refractivity contribution is -0.120. The van der Waals surface area contributed by atoms with Gasteiger partial charge in [-0.05, 0) is 36.1 Å². The Morgan fingerprint density at radius 3 is 2.73 bits per heavy atom. The topological polar surface area (TPSA) is 67.6 Å². The second-order valence-corrected chi connectivity index (χ2v) is 8.14. The van der Waals surface area contributed by atoms with Crippen LogP contribution in [0.3, 0.4) is 0 Å². The van der Waals surface area contributed by atoms with Crippen LogP contribution >= 0.6 is 11.3 Å². The van der Waals surface area contributed by atoms with Crippen molar-refractivity contribution in [1.29, 1.82) is 0 Å². The van der Waals surface area contributed by atoms with Crippen molar-refractivity contribution in [2.45, 2.75) is 19.4 Å². The van der Waals surface area contributed by atoms with Gasteiger partial charge in [-0.3, -0.25) is 9.69 Å². The summed E-state index contributed by atoms with van der Waals surface area (Å²) in [4.78, 5) is 20.3. The van der Waals surface area contributed by atoms with E-state index in [2.05, 4.69) is 15.2 Å². The number of hydrogen-bond donors (Lipinski definition) is 1. The van der Waals surface area contributed by atoms with E-state index in [0.29, 0.717) is 37.1 Å². The highest BCUT2D eigenvalue weighted by molar-refractivity contribution is 7.13. The van der Waals surface area contributed by atoms with Crippen LogP contribution in [-0.2, 0) is 16.0 Å². The number of morpholine rings is 1. The highest BCUT2D eigenvalue weighted by atomic mass is 32.1.